The van der Waals surface area contributed by atoms with E-state index in [1.54, 1.807) is 46.7 Å². The van der Waals surface area contributed by atoms with Crippen molar-refractivity contribution in [1.82, 2.24) is 24.0 Å². The number of aromatic nitrogens is 4. The van der Waals surface area contributed by atoms with Gasteiger partial charge in [-0.25, -0.2) is 14.8 Å². The normalized spacial score (nSPS) is 15.9. The molecule has 2 aromatic heterocycles. The maximum Gasteiger partial charge on any atom is 0.335 e. The summed E-state index contributed by atoms with van der Waals surface area (Å²) in [6, 6.07) is 16.4. The Hall–Kier alpha value is -4.40. The summed E-state index contributed by atoms with van der Waals surface area (Å²) < 4.78 is 9.02. The van der Waals surface area contributed by atoms with Crippen LogP contribution in [0.25, 0.3) is 16.9 Å². The maximum atomic E-state index is 13.7. The topological polar surface area (TPSA) is 108 Å². The molecule has 0 bridgehead atoms. The van der Waals surface area contributed by atoms with E-state index in [0.29, 0.717) is 42.1 Å². The molecule has 2 aromatic carbocycles. The molecule has 0 radical (unpaired) electrons. The Kier molecular flexibility index (Phi) is 5.59. The van der Waals surface area contributed by atoms with Gasteiger partial charge in [0.2, 0.25) is 5.91 Å². The summed E-state index contributed by atoms with van der Waals surface area (Å²) in [5.41, 5.74) is 7.44. The van der Waals surface area contributed by atoms with Crippen molar-refractivity contribution in [3.63, 3.8) is 0 Å². The zero-order valence-electron chi connectivity index (χ0n) is 18.7. The maximum absolute atomic E-state index is 13.7. The molecule has 2 N–H and O–H groups in total. The van der Waals surface area contributed by atoms with Gasteiger partial charge < -0.3 is 15.4 Å². The van der Waals surface area contributed by atoms with Crippen molar-refractivity contribution in [2.24, 2.45) is 0 Å². The molecule has 172 valence electrons. The second kappa shape index (κ2) is 8.86. The molecular weight excluding hydrogens is 432 g/mol. The largest absolute Gasteiger partial charge is 0.457 e. The number of fused-ring (bicyclic) bond motifs is 1. The molecule has 1 unspecified atom stereocenters. The number of carbonyl (C=O) groups is 1. The number of benzene rings is 2. The number of nitrogen functional groups attached to an aromatic ring is 1. The van der Waals surface area contributed by atoms with Crippen LogP contribution in [-0.2, 0) is 4.79 Å². The van der Waals surface area contributed by atoms with Crippen LogP contribution in [0.3, 0.4) is 0 Å². The number of nitrogens with zero attached hydrogens (tertiary/aromatic N) is 5. The summed E-state index contributed by atoms with van der Waals surface area (Å²) in [6.45, 7) is 2.80. The van der Waals surface area contributed by atoms with Crippen molar-refractivity contribution >= 4 is 22.9 Å². The standard InChI is InChI=1S/C25H24N6O3/c1-2-6-21(32)29-14-13-18(15-29)31-24-22(23(26)27-16-28-24)30(25(31)33)17-9-11-20(12-10-17)34-19-7-4-3-5-8-19/h2-12,16,18H,13-15H2,1H3,(H2,26,27,28)/b6-2+. The van der Waals surface area contributed by atoms with Gasteiger partial charge in [-0.2, -0.15) is 0 Å². The number of anilines is 1. The average Bonchev–Trinajstić information content (AvgIpc) is 3.43. The molecule has 1 fully saturated rings. The third-order valence-electron chi connectivity index (χ3n) is 5.90. The van der Waals surface area contributed by atoms with Crippen LogP contribution in [0.4, 0.5) is 5.82 Å². The number of ether oxygens (including phenoxy) is 1. The average molecular weight is 457 g/mol. The van der Waals surface area contributed by atoms with Gasteiger partial charge >= 0.3 is 5.69 Å². The number of allylic oxidation sites excluding steroid dienone is 1. The quantitative estimate of drug-likeness (QED) is 0.462. The Labute approximate surface area is 195 Å². The summed E-state index contributed by atoms with van der Waals surface area (Å²) in [6.07, 6.45) is 5.25. The van der Waals surface area contributed by atoms with Gasteiger partial charge in [0.25, 0.3) is 0 Å². The lowest BCUT2D eigenvalue weighted by Crippen LogP contribution is -2.31. The smallest absolute Gasteiger partial charge is 0.335 e. The van der Waals surface area contributed by atoms with Crippen LogP contribution in [0, 0.1) is 0 Å². The third-order valence-corrected chi connectivity index (χ3v) is 5.90. The minimum Gasteiger partial charge on any atom is -0.457 e. The van der Waals surface area contributed by atoms with Crippen LogP contribution >= 0.6 is 0 Å². The van der Waals surface area contributed by atoms with Crippen molar-refractivity contribution in [2.45, 2.75) is 19.4 Å². The van der Waals surface area contributed by atoms with E-state index in [1.165, 1.54) is 17.0 Å². The van der Waals surface area contributed by atoms with Crippen LogP contribution < -0.4 is 16.2 Å². The third kappa shape index (κ3) is 3.81. The van der Waals surface area contributed by atoms with Crippen molar-refractivity contribution in [3.05, 3.63) is 83.6 Å². The van der Waals surface area contributed by atoms with Gasteiger partial charge in [0.1, 0.15) is 23.3 Å². The Morgan fingerprint density at radius 3 is 2.56 bits per heavy atom. The Morgan fingerprint density at radius 1 is 1.09 bits per heavy atom. The number of carbonyl (C=O) groups excluding carboxylic acids is 1. The second-order valence-corrected chi connectivity index (χ2v) is 8.05. The first-order valence-corrected chi connectivity index (χ1v) is 11.0. The van der Waals surface area contributed by atoms with Crippen molar-refractivity contribution in [1.29, 1.82) is 0 Å². The molecule has 0 saturated carbocycles. The van der Waals surface area contributed by atoms with E-state index in [1.807, 2.05) is 30.3 Å². The highest BCUT2D eigenvalue weighted by Crippen LogP contribution is 2.28. The van der Waals surface area contributed by atoms with Gasteiger partial charge in [-0.3, -0.25) is 13.9 Å². The fourth-order valence-electron chi connectivity index (χ4n) is 4.32. The number of amides is 1. The zero-order chi connectivity index (χ0) is 23.7. The Bertz CT molecular complexity index is 1420. The molecular formula is C25H24N6O3. The number of hydrogen-bond donors (Lipinski definition) is 1. The molecule has 0 aliphatic carbocycles. The molecule has 4 aromatic rings. The van der Waals surface area contributed by atoms with Gasteiger partial charge in [0.05, 0.1) is 11.7 Å². The number of imidazole rings is 1. The number of para-hydroxylation sites is 1. The molecule has 34 heavy (non-hydrogen) atoms. The second-order valence-electron chi connectivity index (χ2n) is 8.05. The molecule has 1 amide bonds. The molecule has 0 spiro atoms. The monoisotopic (exact) mass is 456 g/mol. The minimum atomic E-state index is -0.274. The highest BCUT2D eigenvalue weighted by Gasteiger charge is 2.31. The summed E-state index contributed by atoms with van der Waals surface area (Å²) in [7, 11) is 0. The highest BCUT2D eigenvalue weighted by molar-refractivity contribution is 5.88. The van der Waals surface area contributed by atoms with Crippen molar-refractivity contribution in [3.8, 4) is 17.2 Å². The summed E-state index contributed by atoms with van der Waals surface area (Å²) in [5, 5.41) is 0. The Morgan fingerprint density at radius 2 is 1.82 bits per heavy atom. The van der Waals surface area contributed by atoms with Gasteiger partial charge in [-0.1, -0.05) is 24.3 Å². The fourth-order valence-corrected chi connectivity index (χ4v) is 4.32. The predicted molar refractivity (Wildman–Crippen MR) is 129 cm³/mol. The van der Waals surface area contributed by atoms with Crippen molar-refractivity contribution in [2.75, 3.05) is 18.8 Å². The lowest BCUT2D eigenvalue weighted by atomic mass is 10.2. The van der Waals surface area contributed by atoms with Crippen LogP contribution in [0.15, 0.2) is 77.9 Å². The highest BCUT2D eigenvalue weighted by atomic mass is 16.5. The van der Waals surface area contributed by atoms with Crippen LogP contribution in [-0.4, -0.2) is 43.0 Å². The summed E-state index contributed by atoms with van der Waals surface area (Å²) in [4.78, 5) is 36.2. The molecule has 1 atom stereocenters. The molecule has 1 aliphatic heterocycles. The first kappa shape index (κ1) is 21.4. The molecule has 9 nitrogen and oxygen atoms in total. The Balaban J connectivity index is 1.53. The van der Waals surface area contributed by atoms with E-state index in [-0.39, 0.29) is 23.5 Å². The number of hydrogen-bond acceptors (Lipinski definition) is 6. The molecule has 1 aliphatic rings. The SMILES string of the molecule is C/C=C/C(=O)N1CCC(n2c(=O)n(-c3ccc(Oc4ccccc4)cc3)c3c(N)ncnc32)C1. The zero-order valence-corrected chi connectivity index (χ0v) is 18.7. The van der Waals surface area contributed by atoms with E-state index >= 15 is 0 Å². The lowest BCUT2D eigenvalue weighted by molar-refractivity contribution is -0.125. The van der Waals surface area contributed by atoms with E-state index in [4.69, 9.17) is 10.5 Å². The first-order chi connectivity index (χ1) is 16.6. The van der Waals surface area contributed by atoms with Crippen LogP contribution in [0.1, 0.15) is 19.4 Å². The number of nitrogens with two attached hydrogens (primary N) is 1. The van der Waals surface area contributed by atoms with Gasteiger partial charge in [0.15, 0.2) is 11.5 Å². The van der Waals surface area contributed by atoms with E-state index in [9.17, 15) is 9.59 Å². The molecule has 9 heteroatoms. The van der Waals surface area contributed by atoms with E-state index < -0.39 is 0 Å². The van der Waals surface area contributed by atoms with Crippen molar-refractivity contribution < 1.29 is 9.53 Å². The van der Waals surface area contributed by atoms with Crippen LogP contribution in [0.2, 0.25) is 0 Å². The first-order valence-electron chi connectivity index (χ1n) is 11.0. The number of rotatable bonds is 5. The van der Waals surface area contributed by atoms with Gasteiger partial charge in [-0.05, 0) is 55.8 Å². The minimum absolute atomic E-state index is 0.0649. The van der Waals surface area contributed by atoms with Gasteiger partial charge in [0, 0.05) is 13.1 Å². The predicted octanol–water partition coefficient (Wildman–Crippen LogP) is 3.31. The summed E-state index contributed by atoms with van der Waals surface area (Å²) in [5.74, 6) is 1.51. The molecule has 3 heterocycles. The lowest BCUT2D eigenvalue weighted by Gasteiger charge is -2.15. The molecule has 5 rings (SSSR count). The fraction of sp³-hybridized carbons (Fsp3) is 0.200. The molecule has 1 saturated heterocycles. The van der Waals surface area contributed by atoms with E-state index in [2.05, 4.69) is 9.97 Å². The van der Waals surface area contributed by atoms with Gasteiger partial charge in [-0.15, -0.1) is 0 Å². The van der Waals surface area contributed by atoms with E-state index in [0.717, 1.165) is 5.75 Å². The number of likely N-dealkylation sites (tertiary alicyclic amines) is 1. The summed E-state index contributed by atoms with van der Waals surface area (Å²) >= 11 is 0. The van der Waals surface area contributed by atoms with Crippen LogP contribution in [0.5, 0.6) is 11.5 Å².